The summed E-state index contributed by atoms with van der Waals surface area (Å²) in [4.78, 5) is 2.20. The highest BCUT2D eigenvalue weighted by Gasteiger charge is 2.17. The summed E-state index contributed by atoms with van der Waals surface area (Å²) < 4.78 is 14.2. The third-order valence-corrected chi connectivity index (χ3v) is 3.80. The molecule has 0 spiro atoms. The number of halogens is 1. The van der Waals surface area contributed by atoms with Crippen molar-refractivity contribution in [2.75, 3.05) is 18.5 Å². The molecule has 1 aromatic carbocycles. The number of rotatable bonds is 8. The van der Waals surface area contributed by atoms with Gasteiger partial charge in [0, 0.05) is 30.9 Å². The van der Waals surface area contributed by atoms with Crippen molar-refractivity contribution in [1.82, 2.24) is 5.32 Å². The predicted octanol–water partition coefficient (Wildman–Crippen LogP) is 4.44. The Morgan fingerprint density at radius 3 is 2.33 bits per heavy atom. The molecule has 1 rings (SSSR count). The second-order valence-corrected chi connectivity index (χ2v) is 6.85. The van der Waals surface area contributed by atoms with Crippen LogP contribution in [0.3, 0.4) is 0 Å². The van der Waals surface area contributed by atoms with Gasteiger partial charge in [-0.2, -0.15) is 0 Å². The van der Waals surface area contributed by atoms with Crippen LogP contribution in [0.4, 0.5) is 10.1 Å². The minimum Gasteiger partial charge on any atom is -0.372 e. The molecule has 0 aliphatic heterocycles. The van der Waals surface area contributed by atoms with Gasteiger partial charge in [0.25, 0.3) is 0 Å². The molecule has 0 saturated heterocycles. The van der Waals surface area contributed by atoms with E-state index in [1.807, 2.05) is 6.07 Å². The second kappa shape index (κ2) is 8.38. The molecule has 3 heteroatoms. The summed E-state index contributed by atoms with van der Waals surface area (Å²) in [6.07, 6.45) is 1.10. The lowest BCUT2D eigenvalue weighted by molar-refractivity contribution is 0.499. The standard InChI is InChI=1S/C18H31FN2/c1-13(2)10-15(5)21(6)18-9-7-8-17(19)16(18)12-20-11-14(3)4/h7-9,13-15,20H,10-12H2,1-6H3. The molecule has 0 aromatic heterocycles. The molecule has 0 bridgehead atoms. The number of nitrogens with one attached hydrogen (secondary N) is 1. The van der Waals surface area contributed by atoms with Crippen molar-refractivity contribution in [2.24, 2.45) is 11.8 Å². The summed E-state index contributed by atoms with van der Waals surface area (Å²) in [5, 5.41) is 3.35. The van der Waals surface area contributed by atoms with E-state index in [9.17, 15) is 4.39 Å². The molecule has 1 N–H and O–H groups in total. The number of hydrogen-bond donors (Lipinski definition) is 1. The molecular formula is C18H31FN2. The minimum atomic E-state index is -0.118. The monoisotopic (exact) mass is 294 g/mol. The quantitative estimate of drug-likeness (QED) is 0.762. The van der Waals surface area contributed by atoms with E-state index in [1.54, 1.807) is 12.1 Å². The van der Waals surface area contributed by atoms with Gasteiger partial charge in [0.1, 0.15) is 5.82 Å². The third kappa shape index (κ3) is 5.66. The van der Waals surface area contributed by atoms with Crippen LogP contribution in [-0.4, -0.2) is 19.6 Å². The van der Waals surface area contributed by atoms with E-state index in [4.69, 9.17) is 0 Å². The van der Waals surface area contributed by atoms with Crippen LogP contribution in [0.5, 0.6) is 0 Å². The van der Waals surface area contributed by atoms with Crippen LogP contribution < -0.4 is 10.2 Å². The van der Waals surface area contributed by atoms with Gasteiger partial charge in [0.15, 0.2) is 0 Å². The maximum absolute atomic E-state index is 14.2. The Morgan fingerprint density at radius 1 is 1.10 bits per heavy atom. The molecule has 0 saturated carbocycles. The average Bonchev–Trinajstić information content (AvgIpc) is 2.38. The summed E-state index contributed by atoms with van der Waals surface area (Å²) >= 11 is 0. The lowest BCUT2D eigenvalue weighted by atomic mass is 10.0. The highest BCUT2D eigenvalue weighted by molar-refractivity contribution is 5.54. The first-order valence-electron chi connectivity index (χ1n) is 8.03. The summed E-state index contributed by atoms with van der Waals surface area (Å²) in [5.74, 6) is 1.09. The maximum atomic E-state index is 14.2. The van der Waals surface area contributed by atoms with Gasteiger partial charge in [-0.15, -0.1) is 0 Å². The van der Waals surface area contributed by atoms with E-state index in [2.05, 4.69) is 51.9 Å². The Morgan fingerprint density at radius 2 is 1.76 bits per heavy atom. The molecule has 1 atom stereocenters. The molecule has 2 nitrogen and oxygen atoms in total. The summed E-state index contributed by atoms with van der Waals surface area (Å²) in [5.41, 5.74) is 1.77. The van der Waals surface area contributed by atoms with Crippen molar-refractivity contribution >= 4 is 5.69 Å². The SMILES string of the molecule is CC(C)CNCc1c(F)cccc1N(C)C(C)CC(C)C. The fraction of sp³-hybridized carbons (Fsp3) is 0.667. The van der Waals surface area contributed by atoms with E-state index in [-0.39, 0.29) is 5.82 Å². The van der Waals surface area contributed by atoms with Crippen LogP contribution in [0, 0.1) is 17.7 Å². The molecule has 0 aliphatic carbocycles. The lowest BCUT2D eigenvalue weighted by Gasteiger charge is -2.30. The van der Waals surface area contributed by atoms with Gasteiger partial charge >= 0.3 is 0 Å². The van der Waals surface area contributed by atoms with Crippen molar-refractivity contribution in [1.29, 1.82) is 0 Å². The Bertz CT molecular complexity index is 429. The van der Waals surface area contributed by atoms with Gasteiger partial charge in [-0.1, -0.05) is 33.8 Å². The Hall–Kier alpha value is -1.09. The van der Waals surface area contributed by atoms with Crippen LogP contribution in [0.25, 0.3) is 0 Å². The van der Waals surface area contributed by atoms with E-state index < -0.39 is 0 Å². The van der Waals surface area contributed by atoms with Crippen molar-refractivity contribution < 1.29 is 4.39 Å². The van der Waals surface area contributed by atoms with Crippen molar-refractivity contribution in [3.63, 3.8) is 0 Å². The Kier molecular flexibility index (Phi) is 7.16. The van der Waals surface area contributed by atoms with Crippen molar-refractivity contribution in [3.05, 3.63) is 29.6 Å². The zero-order chi connectivity index (χ0) is 16.0. The van der Waals surface area contributed by atoms with Crippen LogP contribution in [0.2, 0.25) is 0 Å². The van der Waals surface area contributed by atoms with Crippen LogP contribution in [0.15, 0.2) is 18.2 Å². The number of nitrogens with zero attached hydrogens (tertiary/aromatic N) is 1. The molecule has 0 fully saturated rings. The Labute approximate surface area is 129 Å². The zero-order valence-corrected chi connectivity index (χ0v) is 14.4. The third-order valence-electron chi connectivity index (χ3n) is 3.80. The summed E-state index contributed by atoms with van der Waals surface area (Å²) in [6, 6.07) is 5.77. The predicted molar refractivity (Wildman–Crippen MR) is 90.3 cm³/mol. The Balaban J connectivity index is 2.87. The van der Waals surface area contributed by atoms with Crippen LogP contribution >= 0.6 is 0 Å². The smallest absolute Gasteiger partial charge is 0.129 e. The van der Waals surface area contributed by atoms with Crippen molar-refractivity contribution in [3.8, 4) is 0 Å². The van der Waals surface area contributed by atoms with E-state index in [1.165, 1.54) is 0 Å². The first-order valence-corrected chi connectivity index (χ1v) is 8.03. The first kappa shape index (κ1) is 18.0. The van der Waals surface area contributed by atoms with E-state index in [0.717, 1.165) is 24.2 Å². The molecule has 0 heterocycles. The average molecular weight is 294 g/mol. The van der Waals surface area contributed by atoms with Gasteiger partial charge in [0.05, 0.1) is 0 Å². The van der Waals surface area contributed by atoms with Crippen molar-refractivity contribution in [2.45, 2.75) is 53.6 Å². The fourth-order valence-corrected chi connectivity index (χ4v) is 2.62. The van der Waals surface area contributed by atoms with Gasteiger partial charge < -0.3 is 10.2 Å². The molecule has 1 unspecified atom stereocenters. The second-order valence-electron chi connectivity index (χ2n) is 6.85. The van der Waals surface area contributed by atoms with Crippen LogP contribution in [0.1, 0.15) is 46.6 Å². The first-order chi connectivity index (χ1) is 9.82. The summed E-state index contributed by atoms with van der Waals surface area (Å²) in [7, 11) is 2.06. The lowest BCUT2D eigenvalue weighted by Crippen LogP contribution is -2.32. The molecule has 0 radical (unpaired) electrons. The molecule has 21 heavy (non-hydrogen) atoms. The highest BCUT2D eigenvalue weighted by Crippen LogP contribution is 2.25. The summed E-state index contributed by atoms with van der Waals surface area (Å²) in [6.45, 7) is 12.5. The van der Waals surface area contributed by atoms with Gasteiger partial charge in [-0.05, 0) is 43.9 Å². The van der Waals surface area contributed by atoms with Gasteiger partial charge in [-0.3, -0.25) is 0 Å². The maximum Gasteiger partial charge on any atom is 0.129 e. The zero-order valence-electron chi connectivity index (χ0n) is 14.4. The van der Waals surface area contributed by atoms with Gasteiger partial charge in [-0.25, -0.2) is 4.39 Å². The molecular weight excluding hydrogens is 263 g/mol. The molecule has 1 aromatic rings. The molecule has 120 valence electrons. The van der Waals surface area contributed by atoms with Gasteiger partial charge in [0.2, 0.25) is 0 Å². The number of benzene rings is 1. The topological polar surface area (TPSA) is 15.3 Å². The number of hydrogen-bond acceptors (Lipinski definition) is 2. The highest BCUT2D eigenvalue weighted by atomic mass is 19.1. The normalized spacial score (nSPS) is 13.0. The fourth-order valence-electron chi connectivity index (χ4n) is 2.62. The largest absolute Gasteiger partial charge is 0.372 e. The van der Waals surface area contributed by atoms with E-state index in [0.29, 0.717) is 24.4 Å². The van der Waals surface area contributed by atoms with E-state index >= 15 is 0 Å². The molecule has 0 aliphatic rings. The van der Waals surface area contributed by atoms with Crippen LogP contribution in [-0.2, 0) is 6.54 Å². The number of anilines is 1. The molecule has 0 amide bonds. The minimum absolute atomic E-state index is 0.118.